The van der Waals surface area contributed by atoms with Crippen LogP contribution in [0.4, 0.5) is 4.39 Å². The van der Waals surface area contributed by atoms with Gasteiger partial charge in [-0.25, -0.2) is 4.39 Å². The summed E-state index contributed by atoms with van der Waals surface area (Å²) < 4.78 is 12.9. The average Bonchev–Trinajstić information content (AvgIpc) is 2.52. The molecule has 2 rings (SSSR count). The van der Waals surface area contributed by atoms with Crippen LogP contribution in [0.25, 0.3) is 0 Å². The highest BCUT2D eigenvalue weighted by Crippen LogP contribution is 2.18. The quantitative estimate of drug-likeness (QED) is 0.762. The van der Waals surface area contributed by atoms with Crippen LogP contribution in [0.15, 0.2) is 54.6 Å². The highest BCUT2D eigenvalue weighted by molar-refractivity contribution is 5.20. The fourth-order valence-corrected chi connectivity index (χ4v) is 2.31. The van der Waals surface area contributed by atoms with Gasteiger partial charge in [0.25, 0.3) is 0 Å². The van der Waals surface area contributed by atoms with Gasteiger partial charge in [-0.05, 0) is 42.1 Å². The predicted molar refractivity (Wildman–Crippen MR) is 83.7 cm³/mol. The second kappa shape index (κ2) is 7.91. The fourth-order valence-electron chi connectivity index (χ4n) is 2.31. The molecular weight excluding hydrogens is 265 g/mol. The second-order valence-corrected chi connectivity index (χ2v) is 5.37. The Balaban J connectivity index is 1.71. The minimum atomic E-state index is -0.479. The van der Waals surface area contributed by atoms with E-state index in [4.69, 9.17) is 0 Å². The summed E-state index contributed by atoms with van der Waals surface area (Å²) in [6.07, 6.45) is 0.472. The smallest absolute Gasteiger partial charge is 0.123 e. The zero-order valence-electron chi connectivity index (χ0n) is 12.3. The van der Waals surface area contributed by atoms with E-state index in [-0.39, 0.29) is 5.82 Å². The molecule has 0 aliphatic rings. The highest BCUT2D eigenvalue weighted by Gasteiger charge is 2.08. The molecule has 1 unspecified atom stereocenters. The maximum Gasteiger partial charge on any atom is 0.123 e. The first kappa shape index (κ1) is 15.7. The number of aliphatic hydroxyl groups excluding tert-OH is 1. The number of hydrogen-bond donors (Lipinski definition) is 2. The molecule has 2 aromatic rings. The first-order chi connectivity index (χ1) is 10.2. The van der Waals surface area contributed by atoms with Gasteiger partial charge in [-0.2, -0.15) is 0 Å². The lowest BCUT2D eigenvalue weighted by Gasteiger charge is -2.15. The van der Waals surface area contributed by atoms with Crippen LogP contribution in [0.5, 0.6) is 0 Å². The van der Waals surface area contributed by atoms with E-state index in [2.05, 4.69) is 12.2 Å². The van der Waals surface area contributed by atoms with Crippen LogP contribution >= 0.6 is 0 Å². The minimum absolute atomic E-state index is 0.199. The van der Waals surface area contributed by atoms with Crippen LogP contribution in [0.2, 0.25) is 0 Å². The van der Waals surface area contributed by atoms with E-state index in [0.29, 0.717) is 12.5 Å². The van der Waals surface area contributed by atoms with Crippen molar-refractivity contribution >= 4 is 0 Å². The van der Waals surface area contributed by atoms with Crippen molar-refractivity contribution in [1.29, 1.82) is 0 Å². The number of rotatable bonds is 7. The first-order valence-corrected chi connectivity index (χ1v) is 7.36. The van der Waals surface area contributed by atoms with Gasteiger partial charge in [-0.1, -0.05) is 49.4 Å². The highest BCUT2D eigenvalue weighted by atomic mass is 19.1. The number of aliphatic hydroxyl groups is 1. The van der Waals surface area contributed by atoms with Gasteiger partial charge < -0.3 is 10.4 Å². The van der Waals surface area contributed by atoms with E-state index in [0.717, 1.165) is 24.1 Å². The lowest BCUT2D eigenvalue weighted by Crippen LogP contribution is -2.23. The summed E-state index contributed by atoms with van der Waals surface area (Å²) >= 11 is 0. The van der Waals surface area contributed by atoms with Crippen LogP contribution in [0, 0.1) is 5.82 Å². The van der Waals surface area contributed by atoms with Crippen LogP contribution in [-0.4, -0.2) is 18.2 Å². The molecule has 0 heterocycles. The minimum Gasteiger partial charge on any atom is -0.387 e. The number of benzene rings is 2. The summed E-state index contributed by atoms with van der Waals surface area (Å²) in [5, 5.41) is 13.3. The third kappa shape index (κ3) is 4.96. The monoisotopic (exact) mass is 287 g/mol. The normalized spacial score (nSPS) is 13.9. The molecule has 0 amide bonds. The Morgan fingerprint density at radius 2 is 1.67 bits per heavy atom. The third-order valence-electron chi connectivity index (χ3n) is 3.72. The molecule has 0 spiro atoms. The largest absolute Gasteiger partial charge is 0.387 e. The standard InChI is InChI=1S/C18H22FNO/c1-14(15-7-9-17(19)10-8-15)11-12-20-13-18(21)16-5-3-2-4-6-16/h2-10,14,18,20-21H,11-13H2,1H3/t14-,18?/m1/s1. The van der Waals surface area contributed by atoms with Crippen LogP contribution in [-0.2, 0) is 0 Å². The summed E-state index contributed by atoms with van der Waals surface area (Å²) in [6, 6.07) is 16.3. The molecule has 0 radical (unpaired) electrons. The van der Waals surface area contributed by atoms with Gasteiger partial charge in [0.1, 0.15) is 5.82 Å². The van der Waals surface area contributed by atoms with E-state index >= 15 is 0 Å². The molecular formula is C18H22FNO. The van der Waals surface area contributed by atoms with Crippen molar-refractivity contribution in [1.82, 2.24) is 5.32 Å². The average molecular weight is 287 g/mol. The van der Waals surface area contributed by atoms with Gasteiger partial charge in [0.2, 0.25) is 0 Å². The maximum absolute atomic E-state index is 12.9. The zero-order chi connectivity index (χ0) is 15.1. The Bertz CT molecular complexity index is 527. The Hall–Kier alpha value is -1.71. The van der Waals surface area contributed by atoms with Crippen LogP contribution in [0.3, 0.4) is 0 Å². The van der Waals surface area contributed by atoms with E-state index in [1.54, 1.807) is 0 Å². The summed E-state index contributed by atoms with van der Waals surface area (Å²) in [4.78, 5) is 0. The van der Waals surface area contributed by atoms with Crippen molar-refractivity contribution < 1.29 is 9.50 Å². The molecule has 21 heavy (non-hydrogen) atoms. The third-order valence-corrected chi connectivity index (χ3v) is 3.72. The Morgan fingerprint density at radius 1 is 1.00 bits per heavy atom. The van der Waals surface area contributed by atoms with Crippen molar-refractivity contribution in [2.45, 2.75) is 25.4 Å². The summed E-state index contributed by atoms with van der Waals surface area (Å²) in [5.74, 6) is 0.169. The van der Waals surface area contributed by atoms with Crippen molar-refractivity contribution in [3.05, 3.63) is 71.5 Å². The SMILES string of the molecule is C[C@H](CCNCC(O)c1ccccc1)c1ccc(F)cc1. The molecule has 0 fully saturated rings. The molecule has 2 atom stereocenters. The molecule has 0 saturated heterocycles. The van der Waals surface area contributed by atoms with Gasteiger partial charge in [-0.3, -0.25) is 0 Å². The molecule has 0 bridgehead atoms. The summed E-state index contributed by atoms with van der Waals surface area (Å²) in [6.45, 7) is 3.49. The van der Waals surface area contributed by atoms with Gasteiger partial charge >= 0.3 is 0 Å². The molecule has 2 N–H and O–H groups in total. The maximum atomic E-state index is 12.9. The molecule has 2 nitrogen and oxygen atoms in total. The Morgan fingerprint density at radius 3 is 2.33 bits per heavy atom. The van der Waals surface area contributed by atoms with Crippen molar-refractivity contribution in [2.24, 2.45) is 0 Å². The number of halogens is 1. The molecule has 0 aromatic heterocycles. The van der Waals surface area contributed by atoms with Gasteiger partial charge in [0, 0.05) is 6.54 Å². The second-order valence-electron chi connectivity index (χ2n) is 5.37. The van der Waals surface area contributed by atoms with Crippen LogP contribution in [0.1, 0.15) is 36.5 Å². The lowest BCUT2D eigenvalue weighted by molar-refractivity contribution is 0.174. The van der Waals surface area contributed by atoms with Crippen molar-refractivity contribution in [2.75, 3.05) is 13.1 Å². The van der Waals surface area contributed by atoms with E-state index in [1.165, 1.54) is 12.1 Å². The lowest BCUT2D eigenvalue weighted by atomic mass is 9.98. The predicted octanol–water partition coefficient (Wildman–Crippen LogP) is 3.64. The number of nitrogens with one attached hydrogen (secondary N) is 1. The summed E-state index contributed by atoms with van der Waals surface area (Å²) in [7, 11) is 0. The topological polar surface area (TPSA) is 32.3 Å². The summed E-state index contributed by atoms with van der Waals surface area (Å²) in [5.41, 5.74) is 2.07. The Kier molecular flexibility index (Phi) is 5.90. The van der Waals surface area contributed by atoms with Crippen LogP contribution < -0.4 is 5.32 Å². The van der Waals surface area contributed by atoms with Gasteiger partial charge in [0.05, 0.1) is 6.10 Å². The zero-order valence-corrected chi connectivity index (χ0v) is 12.3. The number of hydrogen-bond acceptors (Lipinski definition) is 2. The molecule has 0 saturated carbocycles. The Labute approximate surface area is 125 Å². The molecule has 0 aliphatic carbocycles. The first-order valence-electron chi connectivity index (χ1n) is 7.36. The fraction of sp³-hybridized carbons (Fsp3) is 0.333. The molecule has 112 valence electrons. The molecule has 3 heteroatoms. The van der Waals surface area contributed by atoms with E-state index < -0.39 is 6.10 Å². The van der Waals surface area contributed by atoms with E-state index in [1.807, 2.05) is 42.5 Å². The molecule has 0 aliphatic heterocycles. The van der Waals surface area contributed by atoms with Crippen molar-refractivity contribution in [3.8, 4) is 0 Å². The molecule has 2 aromatic carbocycles. The van der Waals surface area contributed by atoms with Gasteiger partial charge in [-0.15, -0.1) is 0 Å². The van der Waals surface area contributed by atoms with Crippen molar-refractivity contribution in [3.63, 3.8) is 0 Å². The van der Waals surface area contributed by atoms with Gasteiger partial charge in [0.15, 0.2) is 0 Å². The van der Waals surface area contributed by atoms with E-state index in [9.17, 15) is 9.50 Å².